The number of amides is 1. The van der Waals surface area contributed by atoms with Crippen LogP contribution in [0.1, 0.15) is 43.6 Å². The first-order valence-electron chi connectivity index (χ1n) is 5.98. The fourth-order valence-corrected chi connectivity index (χ4v) is 2.38. The zero-order chi connectivity index (χ0) is 12.4. The van der Waals surface area contributed by atoms with Crippen molar-refractivity contribution in [2.45, 2.75) is 39.2 Å². The fourth-order valence-electron chi connectivity index (χ4n) is 2.38. The van der Waals surface area contributed by atoms with Gasteiger partial charge in [-0.15, -0.1) is 0 Å². The summed E-state index contributed by atoms with van der Waals surface area (Å²) in [5, 5.41) is 9.86. The van der Waals surface area contributed by atoms with E-state index in [0.717, 1.165) is 12.8 Å². The standard InChI is InChI=1S/C11H18N4O2/c1-6-4-3-5-8(7(6)2)13-11(16)9-10(12)15-17-14-9/h6-8H,3-5H2,1-2H3,(H2,12,15)(H,13,16). The molecule has 3 N–H and O–H groups in total. The summed E-state index contributed by atoms with van der Waals surface area (Å²) in [6.07, 6.45) is 3.37. The van der Waals surface area contributed by atoms with Gasteiger partial charge in [0.05, 0.1) is 0 Å². The van der Waals surface area contributed by atoms with Gasteiger partial charge in [0.1, 0.15) is 0 Å². The lowest BCUT2D eigenvalue weighted by atomic mass is 9.78. The van der Waals surface area contributed by atoms with Crippen molar-refractivity contribution in [2.75, 3.05) is 5.73 Å². The predicted octanol–water partition coefficient (Wildman–Crippen LogP) is 1.21. The van der Waals surface area contributed by atoms with Gasteiger partial charge in [-0.25, -0.2) is 4.63 Å². The number of nitrogen functional groups attached to an aromatic ring is 1. The maximum absolute atomic E-state index is 11.9. The highest BCUT2D eigenvalue weighted by molar-refractivity contribution is 5.96. The molecule has 1 fully saturated rings. The minimum atomic E-state index is -0.297. The van der Waals surface area contributed by atoms with Crippen molar-refractivity contribution < 1.29 is 9.42 Å². The van der Waals surface area contributed by atoms with Crippen LogP contribution in [0.25, 0.3) is 0 Å². The number of nitrogens with zero attached hydrogens (tertiary/aromatic N) is 2. The van der Waals surface area contributed by atoms with Crippen molar-refractivity contribution in [3.05, 3.63) is 5.69 Å². The third-order valence-electron chi connectivity index (χ3n) is 3.75. The normalized spacial score (nSPS) is 28.9. The predicted molar refractivity (Wildman–Crippen MR) is 62.1 cm³/mol. The van der Waals surface area contributed by atoms with Gasteiger partial charge in [-0.2, -0.15) is 0 Å². The number of rotatable bonds is 2. The number of nitrogens with one attached hydrogen (secondary N) is 1. The molecule has 0 saturated heterocycles. The molecule has 0 aliphatic heterocycles. The van der Waals surface area contributed by atoms with Crippen LogP contribution in [-0.2, 0) is 0 Å². The second kappa shape index (κ2) is 4.73. The Bertz CT molecular complexity index is 404. The molecule has 2 rings (SSSR count). The summed E-state index contributed by atoms with van der Waals surface area (Å²) in [5.74, 6) is 0.837. The van der Waals surface area contributed by atoms with Crippen molar-refractivity contribution in [3.63, 3.8) is 0 Å². The molecule has 0 bridgehead atoms. The molecule has 0 radical (unpaired) electrons. The Morgan fingerprint density at radius 3 is 2.82 bits per heavy atom. The molecule has 1 amide bonds. The Labute approximate surface area is 99.9 Å². The van der Waals surface area contributed by atoms with Gasteiger partial charge in [0, 0.05) is 6.04 Å². The number of nitrogens with two attached hydrogens (primary N) is 1. The Hall–Kier alpha value is -1.59. The van der Waals surface area contributed by atoms with E-state index in [4.69, 9.17) is 5.73 Å². The topological polar surface area (TPSA) is 94.0 Å². The molecule has 1 aliphatic carbocycles. The van der Waals surface area contributed by atoms with Crippen LogP contribution in [0.4, 0.5) is 5.82 Å². The van der Waals surface area contributed by atoms with E-state index in [1.54, 1.807) is 0 Å². The van der Waals surface area contributed by atoms with E-state index in [9.17, 15) is 4.79 Å². The molecule has 1 aliphatic rings. The second-order valence-electron chi connectivity index (χ2n) is 4.85. The zero-order valence-corrected chi connectivity index (χ0v) is 10.1. The Morgan fingerprint density at radius 2 is 2.18 bits per heavy atom. The van der Waals surface area contributed by atoms with Crippen LogP contribution in [0, 0.1) is 11.8 Å². The number of carbonyl (C=O) groups excluding carboxylic acids is 1. The summed E-state index contributed by atoms with van der Waals surface area (Å²) in [6, 6.07) is 0.183. The lowest BCUT2D eigenvalue weighted by Gasteiger charge is -2.34. The van der Waals surface area contributed by atoms with E-state index in [0.29, 0.717) is 11.8 Å². The first-order valence-corrected chi connectivity index (χ1v) is 5.98. The molecule has 3 atom stereocenters. The Balaban J connectivity index is 2.01. The van der Waals surface area contributed by atoms with Crippen molar-refractivity contribution in [1.29, 1.82) is 0 Å². The maximum Gasteiger partial charge on any atom is 0.277 e. The summed E-state index contributed by atoms with van der Waals surface area (Å²) < 4.78 is 4.42. The fraction of sp³-hybridized carbons (Fsp3) is 0.727. The highest BCUT2D eigenvalue weighted by atomic mass is 16.6. The summed E-state index contributed by atoms with van der Waals surface area (Å²) in [6.45, 7) is 4.38. The van der Waals surface area contributed by atoms with Gasteiger partial charge in [0.2, 0.25) is 11.5 Å². The highest BCUT2D eigenvalue weighted by Crippen LogP contribution is 2.29. The van der Waals surface area contributed by atoms with Crippen LogP contribution in [0.3, 0.4) is 0 Å². The zero-order valence-electron chi connectivity index (χ0n) is 10.1. The molecule has 6 nitrogen and oxygen atoms in total. The van der Waals surface area contributed by atoms with Gasteiger partial charge in [0.25, 0.3) is 5.91 Å². The largest absolute Gasteiger partial charge is 0.379 e. The van der Waals surface area contributed by atoms with Gasteiger partial charge in [-0.05, 0) is 28.6 Å². The van der Waals surface area contributed by atoms with Crippen molar-refractivity contribution in [2.24, 2.45) is 11.8 Å². The third kappa shape index (κ3) is 2.40. The van der Waals surface area contributed by atoms with Crippen LogP contribution in [0.15, 0.2) is 4.63 Å². The Kier molecular flexibility index (Phi) is 3.31. The number of carbonyl (C=O) groups is 1. The van der Waals surface area contributed by atoms with E-state index in [2.05, 4.69) is 34.1 Å². The van der Waals surface area contributed by atoms with Gasteiger partial charge in [-0.3, -0.25) is 4.79 Å². The summed E-state index contributed by atoms with van der Waals surface area (Å²) in [7, 11) is 0. The molecular weight excluding hydrogens is 220 g/mol. The smallest absolute Gasteiger partial charge is 0.277 e. The molecule has 1 aromatic rings. The van der Waals surface area contributed by atoms with Gasteiger partial charge >= 0.3 is 0 Å². The minimum absolute atomic E-state index is 0.0408. The van der Waals surface area contributed by atoms with E-state index >= 15 is 0 Å². The molecule has 3 unspecified atom stereocenters. The first kappa shape index (κ1) is 11.9. The van der Waals surface area contributed by atoms with Crippen LogP contribution >= 0.6 is 0 Å². The molecule has 0 aromatic carbocycles. The number of hydrogen-bond acceptors (Lipinski definition) is 5. The Morgan fingerprint density at radius 1 is 1.41 bits per heavy atom. The highest BCUT2D eigenvalue weighted by Gasteiger charge is 2.29. The molecule has 94 valence electrons. The van der Waals surface area contributed by atoms with Crippen LogP contribution in [0.2, 0.25) is 0 Å². The van der Waals surface area contributed by atoms with E-state index in [1.165, 1.54) is 6.42 Å². The van der Waals surface area contributed by atoms with E-state index < -0.39 is 0 Å². The lowest BCUT2D eigenvalue weighted by Crippen LogP contribution is -2.43. The number of anilines is 1. The molecular formula is C11H18N4O2. The van der Waals surface area contributed by atoms with Crippen LogP contribution in [0.5, 0.6) is 0 Å². The van der Waals surface area contributed by atoms with Gasteiger partial charge in [0.15, 0.2) is 0 Å². The molecule has 1 heterocycles. The molecule has 1 saturated carbocycles. The van der Waals surface area contributed by atoms with Crippen molar-refractivity contribution in [1.82, 2.24) is 15.6 Å². The third-order valence-corrected chi connectivity index (χ3v) is 3.75. The van der Waals surface area contributed by atoms with E-state index in [-0.39, 0.29) is 23.5 Å². The summed E-state index contributed by atoms with van der Waals surface area (Å²) >= 11 is 0. The first-order chi connectivity index (χ1) is 8.09. The maximum atomic E-state index is 11.9. The van der Waals surface area contributed by atoms with Gasteiger partial charge in [-0.1, -0.05) is 26.7 Å². The van der Waals surface area contributed by atoms with Crippen LogP contribution in [-0.4, -0.2) is 22.3 Å². The molecule has 1 aromatic heterocycles. The van der Waals surface area contributed by atoms with Crippen LogP contribution < -0.4 is 11.1 Å². The van der Waals surface area contributed by atoms with Crippen molar-refractivity contribution >= 4 is 11.7 Å². The summed E-state index contributed by atoms with van der Waals surface area (Å²) in [5.41, 5.74) is 5.56. The quantitative estimate of drug-likeness (QED) is 0.807. The number of hydrogen-bond donors (Lipinski definition) is 2. The average molecular weight is 238 g/mol. The molecule has 17 heavy (non-hydrogen) atoms. The summed E-state index contributed by atoms with van der Waals surface area (Å²) in [4.78, 5) is 11.9. The van der Waals surface area contributed by atoms with E-state index in [1.807, 2.05) is 0 Å². The monoisotopic (exact) mass is 238 g/mol. The lowest BCUT2D eigenvalue weighted by molar-refractivity contribution is 0.0882. The van der Waals surface area contributed by atoms with Crippen molar-refractivity contribution in [3.8, 4) is 0 Å². The van der Waals surface area contributed by atoms with Gasteiger partial charge < -0.3 is 11.1 Å². The number of aromatic nitrogens is 2. The SMILES string of the molecule is CC1CCCC(NC(=O)c2nonc2N)C1C. The average Bonchev–Trinajstić information content (AvgIpc) is 2.71. The molecule has 6 heteroatoms. The second-order valence-corrected chi connectivity index (χ2v) is 4.85. The minimum Gasteiger partial charge on any atom is -0.379 e. The molecule has 0 spiro atoms.